The molecule has 0 saturated carbocycles. The molecule has 2 atom stereocenters. The van der Waals surface area contributed by atoms with Gasteiger partial charge >= 0.3 is 6.01 Å². The third kappa shape index (κ3) is 3.97. The Balaban J connectivity index is 1.33. The van der Waals surface area contributed by atoms with Gasteiger partial charge in [-0.15, -0.1) is 0 Å². The number of hydrogen-bond donors (Lipinski definition) is 2. The number of ether oxygens (including phenoxy) is 1. The van der Waals surface area contributed by atoms with Crippen LogP contribution in [-0.2, 0) is 0 Å². The first kappa shape index (κ1) is 24.2. The number of nitrogens with zero attached hydrogens (tertiary/aromatic N) is 6. The minimum absolute atomic E-state index is 0.0762. The number of fused-ring (bicyclic) bond motifs is 3. The fourth-order valence-corrected chi connectivity index (χ4v) is 6.50. The summed E-state index contributed by atoms with van der Waals surface area (Å²) in [6, 6.07) is 7.59. The Morgan fingerprint density at radius 1 is 1.21 bits per heavy atom. The van der Waals surface area contributed by atoms with Crippen LogP contribution in [0.4, 0.5) is 14.6 Å². The van der Waals surface area contributed by atoms with Crippen LogP contribution >= 0.6 is 0 Å². The molecule has 3 fully saturated rings. The van der Waals surface area contributed by atoms with Gasteiger partial charge in [-0.3, -0.25) is 9.88 Å². The van der Waals surface area contributed by atoms with E-state index >= 15 is 4.39 Å². The zero-order valence-electron chi connectivity index (χ0n) is 21.4. The second kappa shape index (κ2) is 9.39. The summed E-state index contributed by atoms with van der Waals surface area (Å²) in [6.07, 6.45) is 4.68. The molecule has 0 bridgehead atoms. The number of aromatic amines is 1. The van der Waals surface area contributed by atoms with Gasteiger partial charge in [-0.1, -0.05) is 6.07 Å². The van der Waals surface area contributed by atoms with Crippen molar-refractivity contribution in [3.8, 4) is 23.3 Å². The molecule has 3 aromatic heterocycles. The van der Waals surface area contributed by atoms with Crippen LogP contribution < -0.4 is 15.0 Å². The number of nitrogens with one attached hydrogen (secondary N) is 2. The Morgan fingerprint density at radius 3 is 2.92 bits per heavy atom. The number of alkyl halides is 1. The summed E-state index contributed by atoms with van der Waals surface area (Å²) in [7, 11) is 0. The van der Waals surface area contributed by atoms with Crippen molar-refractivity contribution in [2.24, 2.45) is 0 Å². The maximum Gasteiger partial charge on any atom is 0.319 e. The molecule has 200 valence electrons. The highest BCUT2D eigenvalue weighted by molar-refractivity contribution is 6.01. The minimum Gasteiger partial charge on any atom is -0.461 e. The van der Waals surface area contributed by atoms with Crippen LogP contribution in [0.2, 0.25) is 0 Å². The van der Waals surface area contributed by atoms with Crippen LogP contribution in [0.3, 0.4) is 0 Å². The Kier molecular flexibility index (Phi) is 5.82. The predicted octanol–water partition coefficient (Wildman–Crippen LogP) is 3.55. The third-order valence-electron chi connectivity index (χ3n) is 8.37. The molecule has 6 heterocycles. The van der Waals surface area contributed by atoms with Gasteiger partial charge in [0, 0.05) is 68.0 Å². The van der Waals surface area contributed by atoms with E-state index in [0.29, 0.717) is 53.8 Å². The second-order valence-electron chi connectivity index (χ2n) is 10.7. The van der Waals surface area contributed by atoms with E-state index in [0.717, 1.165) is 38.0 Å². The fraction of sp³-hybridized carbons (Fsp3) is 0.429. The second-order valence-corrected chi connectivity index (χ2v) is 10.7. The summed E-state index contributed by atoms with van der Waals surface area (Å²) in [5.74, 6) is -0.0308. The molecule has 3 aliphatic rings. The molecule has 0 radical (unpaired) electrons. The standard InChI is InChI=1S/C28H28F2N8O/c29-18-11-28(5-2-8-38(28)15-18)16-39-27-35-25-20(26(36-27)37-9-6-32-7-10-37)14-34-24(23(25)30)19-13-33-21-4-1-3-17(12-31)22(19)21/h1,3-4,13-14,18,32-33H,2,5-11,15-16H2/t18-,28?/m1/s1. The van der Waals surface area contributed by atoms with Crippen molar-refractivity contribution < 1.29 is 13.5 Å². The molecule has 0 aliphatic carbocycles. The average molecular weight is 531 g/mol. The van der Waals surface area contributed by atoms with E-state index in [4.69, 9.17) is 9.72 Å². The van der Waals surface area contributed by atoms with Crippen molar-refractivity contribution in [3.05, 3.63) is 42.0 Å². The van der Waals surface area contributed by atoms with Crippen molar-refractivity contribution in [3.63, 3.8) is 0 Å². The molecule has 0 spiro atoms. The number of benzene rings is 1. The molecule has 39 heavy (non-hydrogen) atoms. The Hall–Kier alpha value is -3.88. The number of nitriles is 1. The first-order chi connectivity index (χ1) is 19.1. The molecular formula is C28H28F2N8O. The van der Waals surface area contributed by atoms with Gasteiger partial charge in [0.25, 0.3) is 0 Å². The zero-order valence-corrected chi connectivity index (χ0v) is 21.4. The number of anilines is 1. The van der Waals surface area contributed by atoms with Crippen molar-refractivity contribution in [2.75, 3.05) is 50.8 Å². The van der Waals surface area contributed by atoms with Crippen LogP contribution in [0.5, 0.6) is 6.01 Å². The number of rotatable bonds is 5. The molecule has 7 rings (SSSR count). The molecule has 9 nitrogen and oxygen atoms in total. The number of aromatic nitrogens is 4. The highest BCUT2D eigenvalue weighted by Gasteiger charge is 2.49. The van der Waals surface area contributed by atoms with Crippen LogP contribution in [0.1, 0.15) is 24.8 Å². The third-order valence-corrected chi connectivity index (χ3v) is 8.37. The first-order valence-corrected chi connectivity index (χ1v) is 13.4. The van der Waals surface area contributed by atoms with Gasteiger partial charge in [-0.25, -0.2) is 8.78 Å². The summed E-state index contributed by atoms with van der Waals surface area (Å²) in [4.78, 5) is 21.1. The molecule has 4 aromatic rings. The Labute approximate surface area is 223 Å². The SMILES string of the molecule is N#Cc1cccc2[nH]cc(-c3ncc4c(N5CCNCC5)nc(OCC56CCCN5C[C@H](F)C6)nc4c3F)c12. The van der Waals surface area contributed by atoms with Crippen LogP contribution in [0.15, 0.2) is 30.6 Å². The monoisotopic (exact) mass is 530 g/mol. The van der Waals surface area contributed by atoms with E-state index in [1.807, 2.05) is 6.07 Å². The summed E-state index contributed by atoms with van der Waals surface area (Å²) in [6.45, 7) is 4.48. The fourth-order valence-electron chi connectivity index (χ4n) is 6.50. The molecule has 1 unspecified atom stereocenters. The van der Waals surface area contributed by atoms with E-state index in [9.17, 15) is 9.65 Å². The summed E-state index contributed by atoms with van der Waals surface area (Å²) in [5, 5.41) is 14.1. The normalized spacial score (nSPS) is 23.4. The molecule has 3 saturated heterocycles. The molecule has 11 heteroatoms. The lowest BCUT2D eigenvalue weighted by Gasteiger charge is -2.31. The van der Waals surface area contributed by atoms with Crippen molar-refractivity contribution in [2.45, 2.75) is 31.0 Å². The van der Waals surface area contributed by atoms with Crippen molar-refractivity contribution in [1.82, 2.24) is 30.2 Å². The van der Waals surface area contributed by atoms with Gasteiger partial charge in [0.05, 0.1) is 22.6 Å². The summed E-state index contributed by atoms with van der Waals surface area (Å²) in [5.41, 5.74) is 1.49. The van der Waals surface area contributed by atoms with Gasteiger partial charge in [0.1, 0.15) is 29.8 Å². The topological polar surface area (TPSA) is 106 Å². The maximum atomic E-state index is 16.3. The number of piperazine rings is 1. The van der Waals surface area contributed by atoms with E-state index in [2.05, 4.69) is 36.1 Å². The largest absolute Gasteiger partial charge is 0.461 e. The number of hydrogen-bond acceptors (Lipinski definition) is 8. The lowest BCUT2D eigenvalue weighted by Crippen LogP contribution is -2.44. The average Bonchev–Trinajstić information content (AvgIpc) is 3.64. The number of halogens is 2. The van der Waals surface area contributed by atoms with E-state index in [1.165, 1.54) is 0 Å². The quantitative estimate of drug-likeness (QED) is 0.404. The van der Waals surface area contributed by atoms with E-state index < -0.39 is 12.0 Å². The molecule has 1 aromatic carbocycles. The van der Waals surface area contributed by atoms with Crippen LogP contribution in [-0.4, -0.2) is 82.4 Å². The van der Waals surface area contributed by atoms with E-state index in [1.54, 1.807) is 24.5 Å². The van der Waals surface area contributed by atoms with Crippen LogP contribution in [0, 0.1) is 17.1 Å². The molecule has 2 N–H and O–H groups in total. The Bertz CT molecular complexity index is 1610. The van der Waals surface area contributed by atoms with Crippen LogP contribution in [0.25, 0.3) is 33.1 Å². The lowest BCUT2D eigenvalue weighted by atomic mass is 9.95. The first-order valence-electron chi connectivity index (χ1n) is 13.4. The molecule has 3 aliphatic heterocycles. The van der Waals surface area contributed by atoms with Gasteiger partial charge in [-0.2, -0.15) is 15.2 Å². The smallest absolute Gasteiger partial charge is 0.319 e. The van der Waals surface area contributed by atoms with Gasteiger partial charge in [0.2, 0.25) is 0 Å². The lowest BCUT2D eigenvalue weighted by molar-refractivity contribution is 0.107. The minimum atomic E-state index is -0.872. The molecule has 0 amide bonds. The number of pyridine rings is 1. The van der Waals surface area contributed by atoms with Crippen molar-refractivity contribution in [1.29, 1.82) is 5.26 Å². The van der Waals surface area contributed by atoms with Gasteiger partial charge in [0.15, 0.2) is 5.82 Å². The highest BCUT2D eigenvalue weighted by Crippen LogP contribution is 2.41. The summed E-state index contributed by atoms with van der Waals surface area (Å²) < 4.78 is 36.8. The summed E-state index contributed by atoms with van der Waals surface area (Å²) >= 11 is 0. The predicted molar refractivity (Wildman–Crippen MR) is 143 cm³/mol. The van der Waals surface area contributed by atoms with Crippen molar-refractivity contribution >= 4 is 27.6 Å². The highest BCUT2D eigenvalue weighted by atomic mass is 19.1. The van der Waals surface area contributed by atoms with Gasteiger partial charge in [-0.05, 0) is 31.5 Å². The maximum absolute atomic E-state index is 16.3. The van der Waals surface area contributed by atoms with E-state index in [-0.39, 0.29) is 29.4 Å². The molecular weight excluding hydrogens is 502 g/mol. The zero-order chi connectivity index (χ0) is 26.6. The number of H-pyrrole nitrogens is 1. The Morgan fingerprint density at radius 2 is 2.08 bits per heavy atom. The van der Waals surface area contributed by atoms with Gasteiger partial charge < -0.3 is 19.9 Å².